The predicted molar refractivity (Wildman–Crippen MR) is 75.2 cm³/mol. The molecule has 0 aliphatic carbocycles. The van der Waals surface area contributed by atoms with E-state index in [1.54, 1.807) is 6.07 Å². The van der Waals surface area contributed by atoms with Gasteiger partial charge in [0.2, 0.25) is 5.91 Å². The van der Waals surface area contributed by atoms with Crippen LogP contribution in [0.15, 0.2) is 17.5 Å². The number of amides is 2. The van der Waals surface area contributed by atoms with Gasteiger partial charge in [-0.3, -0.25) is 9.59 Å². The molecule has 1 aliphatic rings. The quantitative estimate of drug-likeness (QED) is 0.756. The Balaban J connectivity index is 1.74. The monoisotopic (exact) mass is 281 g/mol. The molecule has 104 valence electrons. The lowest BCUT2D eigenvalue weighted by Gasteiger charge is -2.30. The second-order valence-electron chi connectivity index (χ2n) is 4.80. The summed E-state index contributed by atoms with van der Waals surface area (Å²) in [6.45, 7) is 3.96. The molecule has 19 heavy (non-hydrogen) atoms. The molecule has 1 aliphatic heterocycles. The maximum atomic E-state index is 11.8. The molecule has 2 heterocycles. The third kappa shape index (κ3) is 4.04. The van der Waals surface area contributed by atoms with Gasteiger partial charge in [-0.1, -0.05) is 13.0 Å². The number of thiophene rings is 1. The van der Waals surface area contributed by atoms with Crippen LogP contribution in [0.4, 0.5) is 0 Å². The van der Waals surface area contributed by atoms with Crippen LogP contribution >= 0.6 is 11.3 Å². The van der Waals surface area contributed by atoms with E-state index >= 15 is 0 Å². The lowest BCUT2D eigenvalue weighted by atomic mass is 9.95. The molecule has 6 heteroatoms. The van der Waals surface area contributed by atoms with Gasteiger partial charge in [-0.15, -0.1) is 11.3 Å². The van der Waals surface area contributed by atoms with Crippen molar-refractivity contribution in [3.8, 4) is 0 Å². The SMILES string of the molecule is CC1CCNCC1NC(=O)CNC(=O)c1cccs1. The van der Waals surface area contributed by atoms with E-state index in [1.807, 2.05) is 11.4 Å². The molecule has 0 bridgehead atoms. The van der Waals surface area contributed by atoms with Gasteiger partial charge in [0.25, 0.3) is 5.91 Å². The molecule has 2 unspecified atom stereocenters. The highest BCUT2D eigenvalue weighted by molar-refractivity contribution is 7.12. The molecular weight excluding hydrogens is 262 g/mol. The molecule has 2 atom stereocenters. The van der Waals surface area contributed by atoms with Crippen LogP contribution in [-0.4, -0.2) is 37.5 Å². The Hall–Kier alpha value is -1.40. The minimum atomic E-state index is -0.194. The Labute approximate surface area is 116 Å². The van der Waals surface area contributed by atoms with E-state index in [-0.39, 0.29) is 24.4 Å². The molecule has 0 spiro atoms. The number of carbonyl (C=O) groups is 2. The van der Waals surface area contributed by atoms with E-state index in [0.717, 1.165) is 19.5 Å². The first-order chi connectivity index (χ1) is 9.16. The zero-order chi connectivity index (χ0) is 13.7. The Morgan fingerprint density at radius 3 is 3.05 bits per heavy atom. The molecule has 0 aromatic carbocycles. The summed E-state index contributed by atoms with van der Waals surface area (Å²) in [7, 11) is 0. The number of carbonyl (C=O) groups excluding carboxylic acids is 2. The number of piperidine rings is 1. The van der Waals surface area contributed by atoms with Crippen LogP contribution in [0.1, 0.15) is 23.0 Å². The van der Waals surface area contributed by atoms with Crippen molar-refractivity contribution in [1.29, 1.82) is 0 Å². The minimum absolute atomic E-state index is 0.0277. The van der Waals surface area contributed by atoms with Crippen molar-refractivity contribution >= 4 is 23.2 Å². The summed E-state index contributed by atoms with van der Waals surface area (Å²) < 4.78 is 0. The number of hydrogen-bond donors (Lipinski definition) is 3. The molecule has 5 nitrogen and oxygen atoms in total. The fraction of sp³-hybridized carbons (Fsp3) is 0.538. The van der Waals surface area contributed by atoms with E-state index < -0.39 is 0 Å². The number of nitrogens with one attached hydrogen (secondary N) is 3. The second-order valence-corrected chi connectivity index (χ2v) is 5.75. The van der Waals surface area contributed by atoms with E-state index in [4.69, 9.17) is 0 Å². The van der Waals surface area contributed by atoms with Gasteiger partial charge in [0, 0.05) is 12.6 Å². The molecule has 2 amide bonds. The van der Waals surface area contributed by atoms with Crippen molar-refractivity contribution in [3.63, 3.8) is 0 Å². The largest absolute Gasteiger partial charge is 0.350 e. The average Bonchev–Trinajstić information content (AvgIpc) is 2.93. The van der Waals surface area contributed by atoms with Crippen molar-refractivity contribution in [2.75, 3.05) is 19.6 Å². The molecule has 1 saturated heterocycles. The van der Waals surface area contributed by atoms with Crippen LogP contribution in [0.3, 0.4) is 0 Å². The van der Waals surface area contributed by atoms with Crippen LogP contribution < -0.4 is 16.0 Å². The summed E-state index contributed by atoms with van der Waals surface area (Å²) in [5.41, 5.74) is 0. The summed E-state index contributed by atoms with van der Waals surface area (Å²) in [5, 5.41) is 10.7. The molecule has 3 N–H and O–H groups in total. The Morgan fingerprint density at radius 2 is 2.37 bits per heavy atom. The van der Waals surface area contributed by atoms with Crippen LogP contribution in [0.2, 0.25) is 0 Å². The van der Waals surface area contributed by atoms with Gasteiger partial charge in [-0.2, -0.15) is 0 Å². The zero-order valence-corrected chi connectivity index (χ0v) is 11.8. The summed E-state index contributed by atoms with van der Waals surface area (Å²) in [4.78, 5) is 24.1. The predicted octanol–water partition coefficient (Wildman–Crippen LogP) is 0.592. The maximum Gasteiger partial charge on any atom is 0.261 e. The zero-order valence-electron chi connectivity index (χ0n) is 10.9. The van der Waals surface area contributed by atoms with Gasteiger partial charge in [0.1, 0.15) is 0 Å². The maximum absolute atomic E-state index is 11.8. The molecule has 0 saturated carbocycles. The van der Waals surface area contributed by atoms with Gasteiger partial charge >= 0.3 is 0 Å². The Morgan fingerprint density at radius 1 is 1.53 bits per heavy atom. The number of rotatable bonds is 4. The summed E-state index contributed by atoms with van der Waals surface area (Å²) in [6, 6.07) is 3.71. The lowest BCUT2D eigenvalue weighted by Crippen LogP contribution is -2.52. The summed E-state index contributed by atoms with van der Waals surface area (Å²) >= 11 is 1.37. The first-order valence-corrected chi connectivity index (χ1v) is 7.36. The van der Waals surface area contributed by atoms with Crippen molar-refractivity contribution in [1.82, 2.24) is 16.0 Å². The third-order valence-corrected chi connectivity index (χ3v) is 4.20. The first-order valence-electron chi connectivity index (χ1n) is 6.48. The average molecular weight is 281 g/mol. The highest BCUT2D eigenvalue weighted by Gasteiger charge is 2.22. The molecule has 2 rings (SSSR count). The highest BCUT2D eigenvalue weighted by Crippen LogP contribution is 2.11. The fourth-order valence-corrected chi connectivity index (χ4v) is 2.74. The van der Waals surface area contributed by atoms with E-state index in [1.165, 1.54) is 11.3 Å². The van der Waals surface area contributed by atoms with Crippen LogP contribution in [-0.2, 0) is 4.79 Å². The molecule has 1 aromatic heterocycles. The van der Waals surface area contributed by atoms with Crippen LogP contribution in [0.5, 0.6) is 0 Å². The van der Waals surface area contributed by atoms with E-state index in [9.17, 15) is 9.59 Å². The van der Waals surface area contributed by atoms with Gasteiger partial charge in [0.15, 0.2) is 0 Å². The van der Waals surface area contributed by atoms with Crippen molar-refractivity contribution in [2.24, 2.45) is 5.92 Å². The fourth-order valence-electron chi connectivity index (χ4n) is 2.10. The standard InChI is InChI=1S/C13H19N3O2S/c1-9-4-5-14-7-10(9)16-12(17)8-15-13(18)11-3-2-6-19-11/h2-3,6,9-10,14H,4-5,7-8H2,1H3,(H,15,18)(H,16,17). The first kappa shape index (κ1) is 14.0. The normalized spacial score (nSPS) is 22.8. The van der Waals surface area contributed by atoms with E-state index in [0.29, 0.717) is 10.8 Å². The minimum Gasteiger partial charge on any atom is -0.350 e. The molecule has 1 aromatic rings. The van der Waals surface area contributed by atoms with Gasteiger partial charge in [0.05, 0.1) is 11.4 Å². The number of hydrogen-bond acceptors (Lipinski definition) is 4. The summed E-state index contributed by atoms with van der Waals surface area (Å²) in [5.74, 6) is 0.142. The van der Waals surface area contributed by atoms with Crippen molar-refractivity contribution < 1.29 is 9.59 Å². The van der Waals surface area contributed by atoms with Gasteiger partial charge in [-0.25, -0.2) is 0 Å². The van der Waals surface area contributed by atoms with Gasteiger partial charge in [-0.05, 0) is 30.3 Å². The lowest BCUT2D eigenvalue weighted by molar-refractivity contribution is -0.121. The second kappa shape index (κ2) is 6.68. The Bertz CT molecular complexity index is 433. The van der Waals surface area contributed by atoms with Crippen LogP contribution in [0, 0.1) is 5.92 Å². The highest BCUT2D eigenvalue weighted by atomic mass is 32.1. The third-order valence-electron chi connectivity index (χ3n) is 3.33. The van der Waals surface area contributed by atoms with Crippen LogP contribution in [0.25, 0.3) is 0 Å². The summed E-state index contributed by atoms with van der Waals surface area (Å²) in [6.07, 6.45) is 1.06. The smallest absolute Gasteiger partial charge is 0.261 e. The molecule has 1 fully saturated rings. The van der Waals surface area contributed by atoms with Gasteiger partial charge < -0.3 is 16.0 Å². The topological polar surface area (TPSA) is 70.2 Å². The van der Waals surface area contributed by atoms with Crippen molar-refractivity contribution in [2.45, 2.75) is 19.4 Å². The van der Waals surface area contributed by atoms with Crippen molar-refractivity contribution in [3.05, 3.63) is 22.4 Å². The molecular formula is C13H19N3O2S. The molecule has 0 radical (unpaired) electrons. The Kier molecular flexibility index (Phi) is 4.93. The van der Waals surface area contributed by atoms with E-state index in [2.05, 4.69) is 22.9 Å².